The quantitative estimate of drug-likeness (QED) is 0.751. The Morgan fingerprint density at radius 1 is 1.15 bits per heavy atom. The molecule has 1 N–H and O–H groups in total. The Morgan fingerprint density at radius 2 is 2.00 bits per heavy atom. The van der Waals surface area contributed by atoms with Crippen molar-refractivity contribution in [3.63, 3.8) is 0 Å². The van der Waals surface area contributed by atoms with Crippen molar-refractivity contribution in [2.24, 2.45) is 5.92 Å². The summed E-state index contributed by atoms with van der Waals surface area (Å²) in [5.41, 5.74) is 5.36. The number of nitrogens with one attached hydrogen (secondary N) is 1. The molecule has 2 aliphatic rings. The lowest BCUT2D eigenvalue weighted by Crippen LogP contribution is -2.34. The predicted octanol–water partition coefficient (Wildman–Crippen LogP) is 4.45. The standard InChI is InChI=1S/C22H20N4O.H2/c23-12-15-8-19(9-15)24-18-7-6-17-13-26-20(14-27-22(17)10-18)11-21(25-26)16-4-2-1-3-5-16;/h1-7,10-11,15,19,24H,8-9,13-14H2;1H. The van der Waals surface area contributed by atoms with E-state index in [0.29, 0.717) is 19.2 Å². The molecule has 0 unspecified atom stereocenters. The lowest BCUT2D eigenvalue weighted by atomic mass is 9.81. The molecule has 1 aromatic heterocycles. The van der Waals surface area contributed by atoms with Crippen molar-refractivity contribution >= 4 is 5.69 Å². The number of hydrogen-bond acceptors (Lipinski definition) is 4. The predicted molar refractivity (Wildman–Crippen MR) is 105 cm³/mol. The third kappa shape index (κ3) is 3.04. The summed E-state index contributed by atoms with van der Waals surface area (Å²) in [7, 11) is 0. The molecule has 27 heavy (non-hydrogen) atoms. The lowest BCUT2D eigenvalue weighted by molar-refractivity contribution is 0.301. The van der Waals surface area contributed by atoms with Crippen LogP contribution in [0.2, 0.25) is 0 Å². The minimum absolute atomic E-state index is 0. The van der Waals surface area contributed by atoms with Crippen LogP contribution >= 0.6 is 0 Å². The van der Waals surface area contributed by atoms with Crippen LogP contribution in [0.4, 0.5) is 5.69 Å². The molecule has 0 bridgehead atoms. The Balaban J connectivity index is 0.00000192. The molecule has 1 aliphatic carbocycles. The summed E-state index contributed by atoms with van der Waals surface area (Å²) in [5.74, 6) is 1.11. The fourth-order valence-electron chi connectivity index (χ4n) is 3.76. The molecule has 0 radical (unpaired) electrons. The molecule has 0 spiro atoms. The number of benzene rings is 2. The van der Waals surface area contributed by atoms with E-state index in [2.05, 4.69) is 47.8 Å². The van der Waals surface area contributed by atoms with Gasteiger partial charge in [-0.2, -0.15) is 10.4 Å². The summed E-state index contributed by atoms with van der Waals surface area (Å²) < 4.78 is 8.12. The highest BCUT2D eigenvalue weighted by Gasteiger charge is 2.29. The number of hydrogen-bond donors (Lipinski definition) is 1. The number of ether oxygens (including phenoxy) is 1. The number of fused-ring (bicyclic) bond motifs is 2. The van der Waals surface area contributed by atoms with Crippen molar-refractivity contribution in [3.05, 3.63) is 65.9 Å². The van der Waals surface area contributed by atoms with E-state index in [1.54, 1.807) is 0 Å². The van der Waals surface area contributed by atoms with Gasteiger partial charge in [-0.05, 0) is 25.0 Å². The Hall–Kier alpha value is -3.26. The average molecular weight is 358 g/mol. The maximum atomic E-state index is 8.91. The SMILES string of the molecule is N#CC1CC(Nc2ccc3c(c2)OCc2cc(-c4ccccc4)nn2C3)C1.[HH]. The van der Waals surface area contributed by atoms with Gasteiger partial charge in [0, 0.05) is 30.3 Å². The first kappa shape index (κ1) is 16.0. The van der Waals surface area contributed by atoms with E-state index in [1.165, 1.54) is 0 Å². The summed E-state index contributed by atoms with van der Waals surface area (Å²) in [5, 5.41) is 17.2. The topological polar surface area (TPSA) is 62.9 Å². The minimum Gasteiger partial charge on any atom is -0.487 e. The minimum atomic E-state index is 0. The fraction of sp³-hybridized carbons (Fsp3) is 0.273. The van der Waals surface area contributed by atoms with E-state index in [0.717, 1.165) is 46.8 Å². The summed E-state index contributed by atoms with van der Waals surface area (Å²) in [6, 6.07) is 21.3. The van der Waals surface area contributed by atoms with E-state index < -0.39 is 0 Å². The molecule has 0 saturated heterocycles. The molecule has 5 rings (SSSR count). The highest BCUT2D eigenvalue weighted by molar-refractivity contribution is 5.59. The second kappa shape index (κ2) is 6.48. The molecule has 1 aliphatic heterocycles. The van der Waals surface area contributed by atoms with Gasteiger partial charge in [-0.1, -0.05) is 36.4 Å². The van der Waals surface area contributed by atoms with Crippen molar-refractivity contribution in [1.29, 1.82) is 5.26 Å². The number of aromatic nitrogens is 2. The van der Waals surface area contributed by atoms with E-state index in [1.807, 2.05) is 22.9 Å². The zero-order valence-electron chi connectivity index (χ0n) is 14.9. The molecule has 1 saturated carbocycles. The first-order chi connectivity index (χ1) is 13.3. The normalized spacial score (nSPS) is 20.3. The Labute approximate surface area is 159 Å². The van der Waals surface area contributed by atoms with E-state index in [9.17, 15) is 0 Å². The van der Waals surface area contributed by atoms with Crippen LogP contribution in [0.3, 0.4) is 0 Å². The van der Waals surface area contributed by atoms with E-state index in [-0.39, 0.29) is 7.34 Å². The van der Waals surface area contributed by atoms with Crippen molar-refractivity contribution in [3.8, 4) is 23.1 Å². The van der Waals surface area contributed by atoms with Crippen molar-refractivity contribution in [2.75, 3.05) is 5.32 Å². The average Bonchev–Trinajstić information content (AvgIpc) is 2.99. The van der Waals surface area contributed by atoms with Gasteiger partial charge in [0.25, 0.3) is 0 Å². The van der Waals surface area contributed by atoms with Gasteiger partial charge in [0.05, 0.1) is 29.9 Å². The third-order valence-corrected chi connectivity index (χ3v) is 5.39. The van der Waals surface area contributed by atoms with Gasteiger partial charge in [-0.3, -0.25) is 4.68 Å². The molecule has 0 atom stereocenters. The fourth-order valence-corrected chi connectivity index (χ4v) is 3.76. The van der Waals surface area contributed by atoms with Crippen molar-refractivity contribution in [2.45, 2.75) is 32.0 Å². The largest absolute Gasteiger partial charge is 0.487 e. The van der Waals surface area contributed by atoms with Crippen LogP contribution in [0.25, 0.3) is 11.3 Å². The van der Waals surface area contributed by atoms with E-state index >= 15 is 0 Å². The van der Waals surface area contributed by atoms with Crippen molar-refractivity contribution in [1.82, 2.24) is 9.78 Å². The molecule has 136 valence electrons. The highest BCUT2D eigenvalue weighted by atomic mass is 16.5. The van der Waals surface area contributed by atoms with Crippen LogP contribution in [0.1, 0.15) is 25.5 Å². The van der Waals surface area contributed by atoms with Crippen LogP contribution in [0, 0.1) is 17.2 Å². The molecular formula is C22H22N4O. The molecule has 2 heterocycles. The van der Waals surface area contributed by atoms with Gasteiger partial charge in [0.1, 0.15) is 12.4 Å². The van der Waals surface area contributed by atoms with Gasteiger partial charge in [-0.15, -0.1) is 0 Å². The number of rotatable bonds is 3. The Bertz CT molecular complexity index is 1020. The monoisotopic (exact) mass is 358 g/mol. The highest BCUT2D eigenvalue weighted by Crippen LogP contribution is 2.33. The summed E-state index contributed by atoms with van der Waals surface area (Å²) >= 11 is 0. The van der Waals surface area contributed by atoms with Gasteiger partial charge in [0.15, 0.2) is 0 Å². The zero-order chi connectivity index (χ0) is 18.2. The van der Waals surface area contributed by atoms with Gasteiger partial charge < -0.3 is 10.1 Å². The van der Waals surface area contributed by atoms with Gasteiger partial charge in [-0.25, -0.2) is 0 Å². The lowest BCUT2D eigenvalue weighted by Gasteiger charge is -2.32. The summed E-state index contributed by atoms with van der Waals surface area (Å²) in [6.45, 7) is 1.22. The Morgan fingerprint density at radius 3 is 2.81 bits per heavy atom. The molecular weight excluding hydrogens is 336 g/mol. The summed E-state index contributed by atoms with van der Waals surface area (Å²) in [6.07, 6.45) is 1.85. The van der Waals surface area contributed by atoms with Crippen LogP contribution in [-0.4, -0.2) is 15.8 Å². The maximum Gasteiger partial charge on any atom is 0.130 e. The molecule has 5 heteroatoms. The molecule has 0 amide bonds. The maximum absolute atomic E-state index is 8.91. The second-order valence-corrected chi connectivity index (χ2v) is 7.29. The molecule has 5 nitrogen and oxygen atoms in total. The number of anilines is 1. The van der Waals surface area contributed by atoms with Gasteiger partial charge >= 0.3 is 0 Å². The Kier molecular flexibility index (Phi) is 3.83. The van der Waals surface area contributed by atoms with Crippen LogP contribution in [-0.2, 0) is 13.2 Å². The summed E-state index contributed by atoms with van der Waals surface area (Å²) in [4.78, 5) is 0. The first-order valence-electron chi connectivity index (χ1n) is 9.32. The second-order valence-electron chi connectivity index (χ2n) is 7.29. The third-order valence-electron chi connectivity index (χ3n) is 5.39. The molecule has 1 fully saturated rings. The smallest absolute Gasteiger partial charge is 0.130 e. The van der Waals surface area contributed by atoms with Gasteiger partial charge in [0.2, 0.25) is 0 Å². The number of nitrogens with zero attached hydrogens (tertiary/aromatic N) is 3. The van der Waals surface area contributed by atoms with Crippen LogP contribution in [0.15, 0.2) is 54.6 Å². The number of nitriles is 1. The van der Waals surface area contributed by atoms with Crippen LogP contribution in [0.5, 0.6) is 5.75 Å². The first-order valence-corrected chi connectivity index (χ1v) is 9.32. The van der Waals surface area contributed by atoms with E-state index in [4.69, 9.17) is 15.1 Å². The van der Waals surface area contributed by atoms with Crippen LogP contribution < -0.4 is 10.1 Å². The zero-order valence-corrected chi connectivity index (χ0v) is 14.9. The van der Waals surface area contributed by atoms with Crippen molar-refractivity contribution < 1.29 is 6.16 Å². The molecule has 3 aromatic rings. The molecule has 2 aromatic carbocycles.